The molecule has 2 atom stereocenters. The number of methoxy groups -OCH3 is 2. The van der Waals surface area contributed by atoms with E-state index in [0.717, 1.165) is 41.9 Å². The zero-order valence-corrected chi connectivity index (χ0v) is 19.2. The highest BCUT2D eigenvalue weighted by atomic mass is 32.2. The summed E-state index contributed by atoms with van der Waals surface area (Å²) in [5.74, 6) is 4.17. The van der Waals surface area contributed by atoms with E-state index in [4.69, 9.17) is 14.5 Å². The summed E-state index contributed by atoms with van der Waals surface area (Å²) in [5.41, 5.74) is 6.75. The number of thioether (sulfide) groups is 2. The topological polar surface area (TPSA) is 34.1 Å². The third-order valence-electron chi connectivity index (χ3n) is 6.30. The molecule has 2 aromatic carbocycles. The minimum absolute atomic E-state index is 0.645. The summed E-state index contributed by atoms with van der Waals surface area (Å²) < 4.78 is 10.9. The van der Waals surface area contributed by atoms with Crippen LogP contribution in [0.25, 0.3) is 0 Å². The number of rotatable bonds is 4. The van der Waals surface area contributed by atoms with Crippen molar-refractivity contribution in [1.29, 1.82) is 0 Å². The summed E-state index contributed by atoms with van der Waals surface area (Å²) in [6.45, 7) is 1.81. The van der Waals surface area contributed by atoms with Crippen molar-refractivity contribution in [3.05, 3.63) is 52.6 Å². The van der Waals surface area contributed by atoms with Crippen LogP contribution in [0.15, 0.2) is 35.3 Å². The first-order valence-corrected chi connectivity index (χ1v) is 12.7. The number of fused-ring (bicyclic) bond motifs is 4. The van der Waals surface area contributed by atoms with E-state index in [1.165, 1.54) is 46.6 Å². The van der Waals surface area contributed by atoms with Gasteiger partial charge in [-0.3, -0.25) is 0 Å². The van der Waals surface area contributed by atoms with Gasteiger partial charge in [-0.05, 0) is 65.8 Å². The van der Waals surface area contributed by atoms with Crippen LogP contribution in [0.3, 0.4) is 0 Å². The number of benzene rings is 2. The average molecular weight is 441 g/mol. The molecule has 1 aliphatic carbocycles. The van der Waals surface area contributed by atoms with Gasteiger partial charge in [-0.1, -0.05) is 6.07 Å². The molecule has 1 saturated heterocycles. The second-order valence-corrected chi connectivity index (χ2v) is 10.7. The van der Waals surface area contributed by atoms with E-state index >= 15 is 0 Å². The van der Waals surface area contributed by atoms with Crippen LogP contribution in [-0.2, 0) is 19.4 Å². The summed E-state index contributed by atoms with van der Waals surface area (Å²) in [7, 11) is 3.38. The Bertz CT molecular complexity index is 962. The van der Waals surface area contributed by atoms with Gasteiger partial charge in [-0.2, -0.15) is 23.5 Å². The van der Waals surface area contributed by atoms with Gasteiger partial charge in [0.1, 0.15) is 0 Å². The lowest BCUT2D eigenvalue weighted by atomic mass is 9.90. The largest absolute Gasteiger partial charge is 0.493 e. The third kappa shape index (κ3) is 3.92. The van der Waals surface area contributed by atoms with Gasteiger partial charge in [0.15, 0.2) is 11.5 Å². The van der Waals surface area contributed by atoms with Crippen molar-refractivity contribution in [2.45, 2.75) is 36.3 Å². The first-order chi connectivity index (χ1) is 14.7. The zero-order valence-electron chi connectivity index (χ0n) is 17.6. The summed E-state index contributed by atoms with van der Waals surface area (Å²) in [6.07, 6.45) is 5.54. The first kappa shape index (κ1) is 20.1. The first-order valence-electron chi connectivity index (χ1n) is 10.6. The van der Waals surface area contributed by atoms with Crippen LogP contribution in [0.2, 0.25) is 0 Å². The molecule has 5 rings (SSSR count). The molecule has 0 radical (unpaired) electrons. The van der Waals surface area contributed by atoms with Crippen molar-refractivity contribution < 1.29 is 9.47 Å². The average Bonchev–Trinajstić information content (AvgIpc) is 2.81. The number of aliphatic imine (C=N–C) groups is 1. The lowest BCUT2D eigenvalue weighted by molar-refractivity contribution is 0.349. The van der Waals surface area contributed by atoms with Crippen LogP contribution in [0.5, 0.6) is 11.5 Å². The zero-order chi connectivity index (χ0) is 20.5. The van der Waals surface area contributed by atoms with E-state index in [2.05, 4.69) is 58.8 Å². The number of ether oxygens (including phenoxy) is 2. The fraction of sp³-hybridized carbons (Fsp3) is 0.458. The summed E-state index contributed by atoms with van der Waals surface area (Å²) in [5, 5.41) is 1.42. The molecule has 2 aromatic rings. The molecule has 0 spiro atoms. The third-order valence-corrected chi connectivity index (χ3v) is 9.49. The molecular formula is C24H28N2O2S2. The van der Waals surface area contributed by atoms with E-state index in [0.29, 0.717) is 5.25 Å². The fourth-order valence-electron chi connectivity index (χ4n) is 4.70. The van der Waals surface area contributed by atoms with Crippen LogP contribution in [0.4, 0.5) is 5.69 Å². The van der Waals surface area contributed by atoms with Crippen molar-refractivity contribution in [2.75, 3.05) is 32.3 Å². The molecule has 0 amide bonds. The standard InChI is InChI=1S/C24H28N2O2S2/c1-27-21-11-17-7-8-26(14-18(17)12-22(21)28-2)15-25-19-5-3-16-4-6-23-24(20(16)13-19)30-10-9-29-23/h3,5,11-13,15,23-24H,4,6-10,14H2,1-2H3. The van der Waals surface area contributed by atoms with Gasteiger partial charge in [0, 0.05) is 35.1 Å². The molecule has 0 aromatic heterocycles. The molecule has 3 aliphatic rings. The predicted molar refractivity (Wildman–Crippen MR) is 128 cm³/mol. The Morgan fingerprint density at radius 3 is 2.60 bits per heavy atom. The molecular weight excluding hydrogens is 412 g/mol. The van der Waals surface area contributed by atoms with Gasteiger partial charge in [-0.15, -0.1) is 0 Å². The number of nitrogens with zero attached hydrogens (tertiary/aromatic N) is 2. The van der Waals surface area contributed by atoms with E-state index in [9.17, 15) is 0 Å². The minimum Gasteiger partial charge on any atom is -0.493 e. The molecule has 0 bridgehead atoms. The number of hydrogen-bond donors (Lipinski definition) is 0. The van der Waals surface area contributed by atoms with Gasteiger partial charge in [0.2, 0.25) is 0 Å². The van der Waals surface area contributed by atoms with Gasteiger partial charge in [-0.25, -0.2) is 4.99 Å². The maximum atomic E-state index is 5.48. The maximum absolute atomic E-state index is 5.48. The monoisotopic (exact) mass is 440 g/mol. The summed E-state index contributed by atoms with van der Waals surface area (Å²) >= 11 is 4.30. The number of hydrogen-bond acceptors (Lipinski definition) is 5. The Labute approximate surface area is 187 Å². The van der Waals surface area contributed by atoms with Gasteiger partial charge < -0.3 is 14.4 Å². The van der Waals surface area contributed by atoms with Gasteiger partial charge >= 0.3 is 0 Å². The van der Waals surface area contributed by atoms with E-state index in [-0.39, 0.29) is 0 Å². The second kappa shape index (κ2) is 8.75. The Hall–Kier alpha value is -1.79. The smallest absolute Gasteiger partial charge is 0.161 e. The molecule has 2 aliphatic heterocycles. The van der Waals surface area contributed by atoms with E-state index in [1.54, 1.807) is 14.2 Å². The van der Waals surface area contributed by atoms with Crippen LogP contribution < -0.4 is 9.47 Å². The van der Waals surface area contributed by atoms with Crippen LogP contribution in [0, 0.1) is 0 Å². The molecule has 2 heterocycles. The fourth-order valence-corrected chi connectivity index (χ4v) is 7.85. The molecule has 0 N–H and O–H groups in total. The molecule has 0 saturated carbocycles. The Balaban J connectivity index is 1.33. The Morgan fingerprint density at radius 1 is 0.967 bits per heavy atom. The highest BCUT2D eigenvalue weighted by Gasteiger charge is 2.32. The summed E-state index contributed by atoms with van der Waals surface area (Å²) in [6, 6.07) is 11.0. The predicted octanol–water partition coefficient (Wildman–Crippen LogP) is 5.26. The number of aryl methyl sites for hydroxylation is 1. The molecule has 4 nitrogen and oxygen atoms in total. The quantitative estimate of drug-likeness (QED) is 0.479. The molecule has 6 heteroatoms. The normalized spacial score (nSPS) is 22.9. The second-order valence-electron chi connectivity index (χ2n) is 8.06. The van der Waals surface area contributed by atoms with Gasteiger partial charge in [0.05, 0.1) is 26.2 Å². The van der Waals surface area contributed by atoms with Crippen LogP contribution in [-0.4, -0.2) is 48.8 Å². The highest BCUT2D eigenvalue weighted by molar-refractivity contribution is 8.06. The minimum atomic E-state index is 0.645. The molecule has 30 heavy (non-hydrogen) atoms. The SMILES string of the molecule is COc1cc2c(cc1OC)CN(C=Nc1ccc3c(c1)C1SCCSC1CC3)CC2. The lowest BCUT2D eigenvalue weighted by Gasteiger charge is -2.36. The molecule has 1 fully saturated rings. The van der Waals surface area contributed by atoms with Crippen molar-refractivity contribution in [1.82, 2.24) is 4.90 Å². The van der Waals surface area contributed by atoms with Crippen LogP contribution in [0.1, 0.15) is 33.9 Å². The van der Waals surface area contributed by atoms with E-state index in [1.807, 2.05) is 6.34 Å². The van der Waals surface area contributed by atoms with Crippen molar-refractivity contribution in [2.24, 2.45) is 4.99 Å². The Morgan fingerprint density at radius 2 is 1.77 bits per heavy atom. The van der Waals surface area contributed by atoms with E-state index < -0.39 is 0 Å². The molecule has 2 unspecified atom stereocenters. The maximum Gasteiger partial charge on any atom is 0.161 e. The van der Waals surface area contributed by atoms with Crippen molar-refractivity contribution >= 4 is 35.5 Å². The van der Waals surface area contributed by atoms with Crippen LogP contribution >= 0.6 is 23.5 Å². The lowest BCUT2D eigenvalue weighted by Crippen LogP contribution is -2.29. The van der Waals surface area contributed by atoms with Crippen molar-refractivity contribution in [3.8, 4) is 11.5 Å². The summed E-state index contributed by atoms with van der Waals surface area (Å²) in [4.78, 5) is 7.15. The van der Waals surface area contributed by atoms with Crippen molar-refractivity contribution in [3.63, 3.8) is 0 Å². The highest BCUT2D eigenvalue weighted by Crippen LogP contribution is 2.49. The molecule has 158 valence electrons. The Kier molecular flexibility index (Phi) is 5.87. The van der Waals surface area contributed by atoms with Gasteiger partial charge in [0.25, 0.3) is 0 Å².